The molecule has 0 aliphatic heterocycles. The third-order valence-electron chi connectivity index (χ3n) is 3.61. The second-order valence-corrected chi connectivity index (χ2v) is 5.41. The van der Waals surface area contributed by atoms with Crippen molar-refractivity contribution in [3.8, 4) is 6.07 Å². The van der Waals surface area contributed by atoms with Crippen molar-refractivity contribution in [1.29, 1.82) is 5.26 Å². The molecule has 0 aliphatic rings. The quantitative estimate of drug-likeness (QED) is 0.828. The molecule has 0 aliphatic carbocycles. The number of nitrogens with one attached hydrogen (secondary N) is 2. The zero-order valence-electron chi connectivity index (χ0n) is 14.0. The molecule has 0 spiro atoms. The van der Waals surface area contributed by atoms with Gasteiger partial charge in [-0.2, -0.15) is 28.5 Å². The Bertz CT molecular complexity index is 776. The van der Waals surface area contributed by atoms with E-state index in [-0.39, 0.29) is 17.7 Å². The lowest BCUT2D eigenvalue weighted by Gasteiger charge is -2.12. The maximum Gasteiger partial charge on any atom is 0.421 e. The average Bonchev–Trinajstić information content (AvgIpc) is 2.90. The molecule has 2 heterocycles. The number of nitrogens with zero attached hydrogens (tertiary/aromatic N) is 5. The molecule has 0 aromatic carbocycles. The van der Waals surface area contributed by atoms with E-state index in [1.54, 1.807) is 17.8 Å². The van der Waals surface area contributed by atoms with Crippen molar-refractivity contribution < 1.29 is 13.2 Å². The molecule has 1 unspecified atom stereocenters. The molecule has 0 amide bonds. The fourth-order valence-corrected chi connectivity index (χ4v) is 2.18. The zero-order valence-corrected chi connectivity index (χ0v) is 14.0. The molecule has 0 bridgehead atoms. The highest BCUT2D eigenvalue weighted by molar-refractivity contribution is 5.57. The van der Waals surface area contributed by atoms with Crippen molar-refractivity contribution in [2.45, 2.75) is 33.0 Å². The Balaban J connectivity index is 2.23. The van der Waals surface area contributed by atoms with Crippen molar-refractivity contribution in [3.05, 3.63) is 23.7 Å². The van der Waals surface area contributed by atoms with Gasteiger partial charge < -0.3 is 10.6 Å². The Labute approximate surface area is 142 Å². The van der Waals surface area contributed by atoms with Gasteiger partial charge in [0.1, 0.15) is 11.4 Å². The van der Waals surface area contributed by atoms with E-state index in [0.29, 0.717) is 24.3 Å². The predicted molar refractivity (Wildman–Crippen MR) is 86.2 cm³/mol. The Morgan fingerprint density at radius 1 is 1.40 bits per heavy atom. The van der Waals surface area contributed by atoms with E-state index < -0.39 is 11.7 Å². The summed E-state index contributed by atoms with van der Waals surface area (Å²) in [6, 6.07) is 2.19. The monoisotopic (exact) mass is 353 g/mol. The number of hydrogen-bond acceptors (Lipinski definition) is 6. The number of halogens is 3. The van der Waals surface area contributed by atoms with Crippen LogP contribution in [0.15, 0.2) is 12.4 Å². The van der Waals surface area contributed by atoms with Gasteiger partial charge in [-0.05, 0) is 13.3 Å². The molecule has 2 rings (SSSR count). The van der Waals surface area contributed by atoms with Crippen LogP contribution in [0.4, 0.5) is 30.6 Å². The second kappa shape index (κ2) is 7.38. The summed E-state index contributed by atoms with van der Waals surface area (Å²) in [5.41, 5.74) is 0.254. The Kier molecular flexibility index (Phi) is 5.46. The van der Waals surface area contributed by atoms with Crippen LogP contribution in [0.2, 0.25) is 0 Å². The highest BCUT2D eigenvalue weighted by atomic mass is 19.4. The van der Waals surface area contributed by atoms with Gasteiger partial charge in [0.05, 0.1) is 29.9 Å². The molecule has 0 fully saturated rings. The van der Waals surface area contributed by atoms with Crippen LogP contribution in [0.3, 0.4) is 0 Å². The zero-order chi connectivity index (χ0) is 18.6. The number of nitriles is 1. The SMILES string of the molecule is CCC(C#N)Cn1cc(Nc2ncc(C(F)(F)F)c(NC)n2)c(C)n1. The van der Waals surface area contributed by atoms with Gasteiger partial charge in [0.25, 0.3) is 0 Å². The van der Waals surface area contributed by atoms with Gasteiger partial charge >= 0.3 is 6.18 Å². The van der Waals surface area contributed by atoms with Crippen LogP contribution in [-0.2, 0) is 12.7 Å². The molecule has 0 saturated carbocycles. The van der Waals surface area contributed by atoms with Crippen molar-refractivity contribution in [1.82, 2.24) is 19.7 Å². The van der Waals surface area contributed by atoms with E-state index in [2.05, 4.69) is 31.8 Å². The van der Waals surface area contributed by atoms with Gasteiger partial charge in [0.2, 0.25) is 5.95 Å². The maximum absolute atomic E-state index is 12.9. The van der Waals surface area contributed by atoms with E-state index in [1.807, 2.05) is 6.92 Å². The Hall–Kier alpha value is -2.83. The molecule has 2 N–H and O–H groups in total. The normalized spacial score (nSPS) is 12.5. The van der Waals surface area contributed by atoms with E-state index in [1.165, 1.54) is 7.05 Å². The smallest absolute Gasteiger partial charge is 0.372 e. The van der Waals surface area contributed by atoms with Crippen molar-refractivity contribution in [2.75, 3.05) is 17.7 Å². The highest BCUT2D eigenvalue weighted by Crippen LogP contribution is 2.33. The van der Waals surface area contributed by atoms with Gasteiger partial charge in [-0.15, -0.1) is 0 Å². The second-order valence-electron chi connectivity index (χ2n) is 5.41. The largest absolute Gasteiger partial charge is 0.421 e. The van der Waals surface area contributed by atoms with Gasteiger partial charge in [-0.1, -0.05) is 6.92 Å². The molecule has 1 atom stereocenters. The topological polar surface area (TPSA) is 91.5 Å². The Morgan fingerprint density at radius 2 is 2.12 bits per heavy atom. The number of hydrogen-bond donors (Lipinski definition) is 2. The van der Waals surface area contributed by atoms with Crippen LogP contribution in [0, 0.1) is 24.2 Å². The third kappa shape index (κ3) is 4.37. The third-order valence-corrected chi connectivity index (χ3v) is 3.61. The average molecular weight is 353 g/mol. The fraction of sp³-hybridized carbons (Fsp3) is 0.467. The molecular formula is C15H18F3N7. The van der Waals surface area contributed by atoms with Crippen molar-refractivity contribution in [3.63, 3.8) is 0 Å². The van der Waals surface area contributed by atoms with E-state index >= 15 is 0 Å². The number of aromatic nitrogens is 4. The number of rotatable bonds is 6. The van der Waals surface area contributed by atoms with Crippen LogP contribution in [0.25, 0.3) is 0 Å². The van der Waals surface area contributed by atoms with Crippen molar-refractivity contribution >= 4 is 17.5 Å². The number of alkyl halides is 3. The van der Waals surface area contributed by atoms with Crippen LogP contribution in [-0.4, -0.2) is 26.8 Å². The molecule has 134 valence electrons. The van der Waals surface area contributed by atoms with Crippen molar-refractivity contribution in [2.24, 2.45) is 5.92 Å². The molecule has 0 saturated heterocycles. The van der Waals surface area contributed by atoms with Crippen LogP contribution in [0.5, 0.6) is 0 Å². The summed E-state index contributed by atoms with van der Waals surface area (Å²) in [5, 5.41) is 18.6. The first kappa shape index (κ1) is 18.5. The van der Waals surface area contributed by atoms with E-state index in [4.69, 9.17) is 5.26 Å². The fourth-order valence-electron chi connectivity index (χ4n) is 2.18. The minimum absolute atomic E-state index is 0.0207. The minimum Gasteiger partial charge on any atom is -0.372 e. The van der Waals surface area contributed by atoms with Crippen LogP contribution < -0.4 is 10.6 Å². The summed E-state index contributed by atoms with van der Waals surface area (Å²) in [4.78, 5) is 7.57. The first-order chi connectivity index (χ1) is 11.8. The maximum atomic E-state index is 12.9. The van der Waals surface area contributed by atoms with Gasteiger partial charge in [-0.3, -0.25) is 4.68 Å². The van der Waals surface area contributed by atoms with Crippen LogP contribution >= 0.6 is 0 Å². The summed E-state index contributed by atoms with van der Waals surface area (Å²) in [7, 11) is 1.36. The summed E-state index contributed by atoms with van der Waals surface area (Å²) in [6.07, 6.45) is -1.44. The van der Waals surface area contributed by atoms with Gasteiger partial charge in [0, 0.05) is 19.4 Å². The minimum atomic E-state index is -4.54. The predicted octanol–water partition coefficient (Wildman–Crippen LogP) is 3.34. The summed E-state index contributed by atoms with van der Waals surface area (Å²) >= 11 is 0. The number of aryl methyl sites for hydroxylation is 1. The van der Waals surface area contributed by atoms with E-state index in [0.717, 1.165) is 6.20 Å². The number of anilines is 3. The molecule has 2 aromatic rings. The summed E-state index contributed by atoms with van der Waals surface area (Å²) in [5.74, 6) is -0.455. The molecule has 25 heavy (non-hydrogen) atoms. The van der Waals surface area contributed by atoms with Crippen LogP contribution in [0.1, 0.15) is 24.6 Å². The summed E-state index contributed by atoms with van der Waals surface area (Å²) in [6.45, 7) is 4.10. The molecule has 2 aromatic heterocycles. The van der Waals surface area contributed by atoms with Gasteiger partial charge in [-0.25, -0.2) is 4.98 Å². The Morgan fingerprint density at radius 3 is 2.68 bits per heavy atom. The lowest BCUT2D eigenvalue weighted by atomic mass is 10.1. The molecule has 0 radical (unpaired) electrons. The van der Waals surface area contributed by atoms with E-state index in [9.17, 15) is 13.2 Å². The summed E-state index contributed by atoms with van der Waals surface area (Å²) < 4.78 is 40.2. The first-order valence-corrected chi connectivity index (χ1v) is 7.61. The first-order valence-electron chi connectivity index (χ1n) is 7.61. The lowest BCUT2D eigenvalue weighted by Crippen LogP contribution is -2.12. The highest BCUT2D eigenvalue weighted by Gasteiger charge is 2.35. The molecule has 10 heteroatoms. The molecule has 7 nitrogen and oxygen atoms in total. The standard InChI is InChI=1S/C15H18F3N7/c1-4-10(5-19)7-25-8-12(9(2)24-25)22-14-21-6-11(15(16,17)18)13(20-3)23-14/h6,8,10H,4,7H2,1-3H3,(H2,20,21,22,23). The molecular weight excluding hydrogens is 335 g/mol. The van der Waals surface area contributed by atoms with Gasteiger partial charge in [0.15, 0.2) is 0 Å². The lowest BCUT2D eigenvalue weighted by molar-refractivity contribution is -0.137.